The number of tetrazole rings is 1. The second-order valence-electron chi connectivity index (χ2n) is 7.26. The summed E-state index contributed by atoms with van der Waals surface area (Å²) in [6.45, 7) is 7.66. The Labute approximate surface area is 131 Å². The van der Waals surface area contributed by atoms with Crippen molar-refractivity contribution in [1.29, 1.82) is 0 Å². The molecule has 1 aromatic heterocycles. The van der Waals surface area contributed by atoms with Crippen LogP contribution in [-0.2, 0) is 21.5 Å². The summed E-state index contributed by atoms with van der Waals surface area (Å²) in [6.07, 6.45) is 4.68. The van der Waals surface area contributed by atoms with Crippen LogP contribution in [0.15, 0.2) is 0 Å². The van der Waals surface area contributed by atoms with Crippen molar-refractivity contribution in [3.63, 3.8) is 0 Å². The molecule has 2 atom stereocenters. The van der Waals surface area contributed by atoms with Gasteiger partial charge in [0.1, 0.15) is 6.54 Å². The topological polar surface area (TPSA) is 73.1 Å². The fourth-order valence-corrected chi connectivity index (χ4v) is 3.47. The molecule has 2 fully saturated rings. The minimum Gasteiger partial charge on any atom is -0.374 e. The van der Waals surface area contributed by atoms with E-state index in [0.29, 0.717) is 13.2 Å². The SMILES string of the molecule is CC(C)(C)c1nnnn1CC(=O)N1CCO[C@@H]2CCCC[C@@H]21. The molecule has 1 saturated heterocycles. The lowest BCUT2D eigenvalue weighted by molar-refractivity contribution is -0.150. The van der Waals surface area contributed by atoms with Gasteiger partial charge in [-0.15, -0.1) is 5.10 Å². The van der Waals surface area contributed by atoms with Gasteiger partial charge in [-0.25, -0.2) is 4.68 Å². The van der Waals surface area contributed by atoms with Gasteiger partial charge in [-0.1, -0.05) is 33.6 Å². The zero-order valence-electron chi connectivity index (χ0n) is 13.7. The van der Waals surface area contributed by atoms with Crippen molar-refractivity contribution in [1.82, 2.24) is 25.1 Å². The van der Waals surface area contributed by atoms with Gasteiger partial charge in [-0.05, 0) is 23.3 Å². The van der Waals surface area contributed by atoms with Gasteiger partial charge in [-0.3, -0.25) is 4.79 Å². The first kappa shape index (κ1) is 15.4. The fourth-order valence-electron chi connectivity index (χ4n) is 3.47. The fraction of sp³-hybridized carbons (Fsp3) is 0.867. The molecule has 1 saturated carbocycles. The normalized spacial score (nSPS) is 25.9. The zero-order chi connectivity index (χ0) is 15.7. The third-order valence-corrected chi connectivity index (χ3v) is 4.54. The maximum Gasteiger partial charge on any atom is 0.244 e. The van der Waals surface area contributed by atoms with Crippen LogP contribution >= 0.6 is 0 Å². The summed E-state index contributed by atoms with van der Waals surface area (Å²) < 4.78 is 7.47. The molecule has 2 heterocycles. The van der Waals surface area contributed by atoms with Crippen molar-refractivity contribution in [3.05, 3.63) is 5.82 Å². The van der Waals surface area contributed by atoms with Gasteiger partial charge in [0, 0.05) is 12.0 Å². The van der Waals surface area contributed by atoms with E-state index in [-0.39, 0.29) is 30.0 Å². The minimum atomic E-state index is -0.178. The second kappa shape index (κ2) is 5.95. The molecule has 7 heteroatoms. The standard InChI is InChI=1S/C15H25N5O2/c1-15(2,3)14-16-17-18-20(14)10-13(21)19-8-9-22-12-7-5-4-6-11(12)19/h11-12H,4-10H2,1-3H3/t11-,12+/m0/s1. The van der Waals surface area contributed by atoms with Crippen molar-refractivity contribution in [2.24, 2.45) is 0 Å². The lowest BCUT2D eigenvalue weighted by Gasteiger charge is -2.43. The van der Waals surface area contributed by atoms with Gasteiger partial charge in [0.05, 0.1) is 18.8 Å². The van der Waals surface area contributed by atoms with Gasteiger partial charge < -0.3 is 9.64 Å². The molecule has 0 spiro atoms. The maximum absolute atomic E-state index is 12.8. The Hall–Kier alpha value is -1.50. The van der Waals surface area contributed by atoms with Crippen molar-refractivity contribution in [2.75, 3.05) is 13.2 Å². The van der Waals surface area contributed by atoms with Crippen LogP contribution in [0.25, 0.3) is 0 Å². The largest absolute Gasteiger partial charge is 0.374 e. The lowest BCUT2D eigenvalue weighted by atomic mass is 9.90. The van der Waals surface area contributed by atoms with Crippen molar-refractivity contribution >= 4 is 5.91 Å². The van der Waals surface area contributed by atoms with Gasteiger partial charge in [0.25, 0.3) is 0 Å². The highest BCUT2D eigenvalue weighted by molar-refractivity contribution is 5.76. The molecular formula is C15H25N5O2. The molecule has 3 rings (SSSR count). The smallest absolute Gasteiger partial charge is 0.244 e. The van der Waals surface area contributed by atoms with Gasteiger partial charge in [-0.2, -0.15) is 0 Å². The maximum atomic E-state index is 12.8. The quantitative estimate of drug-likeness (QED) is 0.819. The molecule has 1 aromatic rings. The van der Waals surface area contributed by atoms with Crippen LogP contribution in [0.4, 0.5) is 0 Å². The average Bonchev–Trinajstić information content (AvgIpc) is 2.95. The summed E-state index contributed by atoms with van der Waals surface area (Å²) in [5, 5.41) is 11.8. The Morgan fingerprint density at radius 3 is 2.86 bits per heavy atom. The van der Waals surface area contributed by atoms with E-state index in [1.165, 1.54) is 12.8 Å². The number of ether oxygens (including phenoxy) is 1. The van der Waals surface area contributed by atoms with Gasteiger partial charge in [0.15, 0.2) is 5.82 Å². The Kier molecular flexibility index (Phi) is 4.16. The van der Waals surface area contributed by atoms with E-state index in [1.807, 2.05) is 25.7 Å². The molecule has 1 aliphatic heterocycles. The van der Waals surface area contributed by atoms with E-state index in [2.05, 4.69) is 15.5 Å². The molecule has 7 nitrogen and oxygen atoms in total. The van der Waals surface area contributed by atoms with E-state index < -0.39 is 0 Å². The zero-order valence-corrected chi connectivity index (χ0v) is 13.7. The third kappa shape index (κ3) is 2.99. The average molecular weight is 307 g/mol. The van der Waals surface area contributed by atoms with E-state index in [4.69, 9.17) is 4.74 Å². The molecule has 0 radical (unpaired) electrons. The van der Waals surface area contributed by atoms with Crippen molar-refractivity contribution in [2.45, 2.75) is 70.6 Å². The summed E-state index contributed by atoms with van der Waals surface area (Å²) in [6, 6.07) is 0.226. The molecule has 1 aliphatic carbocycles. The van der Waals surface area contributed by atoms with Crippen LogP contribution in [0.1, 0.15) is 52.3 Å². The minimum absolute atomic E-state index is 0.0954. The summed E-state index contributed by atoms with van der Waals surface area (Å²) >= 11 is 0. The highest BCUT2D eigenvalue weighted by Gasteiger charge is 2.37. The number of morpholine rings is 1. The Bertz CT molecular complexity index is 534. The Morgan fingerprint density at radius 1 is 1.32 bits per heavy atom. The number of aromatic nitrogens is 4. The van der Waals surface area contributed by atoms with Crippen LogP contribution in [0.5, 0.6) is 0 Å². The number of carbonyl (C=O) groups is 1. The van der Waals surface area contributed by atoms with E-state index in [9.17, 15) is 4.79 Å². The highest BCUT2D eigenvalue weighted by Crippen LogP contribution is 2.28. The number of hydrogen-bond donors (Lipinski definition) is 0. The number of rotatable bonds is 2. The summed E-state index contributed by atoms with van der Waals surface area (Å²) in [4.78, 5) is 14.7. The van der Waals surface area contributed by atoms with Crippen LogP contribution in [0.2, 0.25) is 0 Å². The number of fused-ring (bicyclic) bond motifs is 1. The van der Waals surface area contributed by atoms with Gasteiger partial charge >= 0.3 is 0 Å². The molecule has 1 amide bonds. The van der Waals surface area contributed by atoms with Crippen molar-refractivity contribution in [3.8, 4) is 0 Å². The number of amides is 1. The van der Waals surface area contributed by atoms with Crippen LogP contribution < -0.4 is 0 Å². The number of hydrogen-bond acceptors (Lipinski definition) is 5. The Morgan fingerprint density at radius 2 is 2.09 bits per heavy atom. The van der Waals surface area contributed by atoms with Crippen molar-refractivity contribution < 1.29 is 9.53 Å². The molecule has 0 unspecified atom stereocenters. The Balaban J connectivity index is 1.73. The molecule has 0 aromatic carbocycles. The molecule has 2 aliphatic rings. The summed E-state index contributed by atoms with van der Waals surface area (Å²) in [5.74, 6) is 0.840. The lowest BCUT2D eigenvalue weighted by Crippen LogP contribution is -2.55. The van der Waals surface area contributed by atoms with Crippen LogP contribution in [0.3, 0.4) is 0 Å². The van der Waals surface area contributed by atoms with E-state index in [1.54, 1.807) is 4.68 Å². The van der Waals surface area contributed by atoms with Gasteiger partial charge in [0.2, 0.25) is 5.91 Å². The first-order valence-electron chi connectivity index (χ1n) is 8.14. The first-order valence-corrected chi connectivity index (χ1v) is 8.14. The predicted molar refractivity (Wildman–Crippen MR) is 80.2 cm³/mol. The summed E-state index contributed by atoms with van der Waals surface area (Å²) in [7, 11) is 0. The monoisotopic (exact) mass is 307 g/mol. The second-order valence-corrected chi connectivity index (χ2v) is 7.26. The molecule has 0 N–H and O–H groups in total. The molecule has 0 bridgehead atoms. The van der Waals surface area contributed by atoms with E-state index >= 15 is 0 Å². The number of nitrogens with zero attached hydrogens (tertiary/aromatic N) is 5. The third-order valence-electron chi connectivity index (χ3n) is 4.54. The van der Waals surface area contributed by atoms with Crippen LogP contribution in [-0.4, -0.2) is 56.3 Å². The highest BCUT2D eigenvalue weighted by atomic mass is 16.5. The van der Waals surface area contributed by atoms with Crippen LogP contribution in [0, 0.1) is 0 Å². The van der Waals surface area contributed by atoms with E-state index in [0.717, 1.165) is 18.7 Å². The molecular weight excluding hydrogens is 282 g/mol. The predicted octanol–water partition coefficient (Wildman–Crippen LogP) is 1.14. The molecule has 122 valence electrons. The first-order chi connectivity index (χ1) is 10.5. The molecule has 22 heavy (non-hydrogen) atoms. The summed E-state index contributed by atoms with van der Waals surface area (Å²) in [5.41, 5.74) is -0.178. The number of carbonyl (C=O) groups excluding carboxylic acids is 1.